The second-order valence-electron chi connectivity index (χ2n) is 2.85. The smallest absolute Gasteiger partial charge is 0.325 e. The van der Waals surface area contributed by atoms with Crippen LogP contribution in [-0.4, -0.2) is 18.6 Å². The summed E-state index contributed by atoms with van der Waals surface area (Å²) in [4.78, 5) is 11.0. The minimum Gasteiger partial charge on any atom is -0.468 e. The zero-order valence-corrected chi connectivity index (χ0v) is 7.45. The Morgan fingerprint density at radius 2 is 1.91 bits per heavy atom. The number of hydrogen-bond donors (Lipinski definition) is 1. The van der Waals surface area contributed by atoms with Crippen LogP contribution in [0.25, 0.3) is 0 Å². The normalized spacial score (nSPS) is 20.5. The number of nitrogens with two attached hydrogens (primary N) is 1. The van der Waals surface area contributed by atoms with E-state index in [0.717, 1.165) is 25.7 Å². The third-order valence-corrected chi connectivity index (χ3v) is 2.09. The Labute approximate surface area is 72.7 Å². The van der Waals surface area contributed by atoms with Crippen molar-refractivity contribution in [2.75, 3.05) is 7.11 Å². The van der Waals surface area contributed by atoms with E-state index in [0.29, 0.717) is 0 Å². The van der Waals surface area contributed by atoms with E-state index < -0.39 is 5.54 Å². The number of esters is 1. The van der Waals surface area contributed by atoms with Crippen molar-refractivity contribution in [1.82, 2.24) is 0 Å². The maximum absolute atomic E-state index is 11.0. The number of rotatable bonds is 1. The van der Waals surface area contributed by atoms with E-state index in [9.17, 15) is 4.79 Å². The van der Waals surface area contributed by atoms with E-state index >= 15 is 0 Å². The molecule has 1 fully saturated rings. The Balaban J connectivity index is 0.000001000. The first-order valence-corrected chi connectivity index (χ1v) is 3.56. The fraction of sp³-hybridized carbons (Fsp3) is 0.857. The molecule has 0 radical (unpaired) electrons. The number of halogens is 1. The summed E-state index contributed by atoms with van der Waals surface area (Å²) in [7, 11) is 1.38. The summed E-state index contributed by atoms with van der Waals surface area (Å²) >= 11 is 0. The summed E-state index contributed by atoms with van der Waals surface area (Å²) in [5.74, 6) is -0.259. The highest BCUT2D eigenvalue weighted by Crippen LogP contribution is 2.27. The molecule has 0 aliphatic heterocycles. The molecule has 4 heteroatoms. The van der Waals surface area contributed by atoms with Crippen molar-refractivity contribution in [3.63, 3.8) is 0 Å². The SMILES string of the molecule is COC(=O)C1(N)CCCC1.Cl. The highest BCUT2D eigenvalue weighted by Gasteiger charge is 2.37. The standard InChI is InChI=1S/C7H13NO2.ClH/c1-10-6(9)7(8)4-2-3-5-7;/h2-5,8H2,1H3;1H. The molecule has 1 aliphatic rings. The molecule has 2 N–H and O–H groups in total. The predicted octanol–water partition coefficient (Wildman–Crippen LogP) is 0.853. The number of methoxy groups -OCH3 is 1. The van der Waals surface area contributed by atoms with Gasteiger partial charge >= 0.3 is 5.97 Å². The lowest BCUT2D eigenvalue weighted by Gasteiger charge is -2.18. The van der Waals surface area contributed by atoms with Crippen LogP contribution in [0, 0.1) is 0 Å². The number of carbonyl (C=O) groups is 1. The average molecular weight is 180 g/mol. The first-order valence-electron chi connectivity index (χ1n) is 3.56. The van der Waals surface area contributed by atoms with E-state index in [1.54, 1.807) is 0 Å². The van der Waals surface area contributed by atoms with Gasteiger partial charge in [0.15, 0.2) is 0 Å². The second-order valence-corrected chi connectivity index (χ2v) is 2.85. The monoisotopic (exact) mass is 179 g/mol. The quantitative estimate of drug-likeness (QED) is 0.608. The van der Waals surface area contributed by atoms with Gasteiger partial charge in [-0.25, -0.2) is 0 Å². The summed E-state index contributed by atoms with van der Waals surface area (Å²) in [6.07, 6.45) is 3.65. The van der Waals surface area contributed by atoms with E-state index in [1.807, 2.05) is 0 Å². The van der Waals surface area contributed by atoms with Crippen LogP contribution in [0.2, 0.25) is 0 Å². The van der Waals surface area contributed by atoms with Crippen molar-refractivity contribution in [3.05, 3.63) is 0 Å². The molecule has 0 amide bonds. The number of carbonyl (C=O) groups excluding carboxylic acids is 1. The van der Waals surface area contributed by atoms with Crippen molar-refractivity contribution >= 4 is 18.4 Å². The molecular formula is C7H14ClNO2. The van der Waals surface area contributed by atoms with Crippen LogP contribution < -0.4 is 5.73 Å². The van der Waals surface area contributed by atoms with Crippen molar-refractivity contribution in [2.45, 2.75) is 31.2 Å². The van der Waals surface area contributed by atoms with Gasteiger partial charge in [0.25, 0.3) is 0 Å². The van der Waals surface area contributed by atoms with Crippen LogP contribution in [0.5, 0.6) is 0 Å². The molecule has 0 aromatic carbocycles. The van der Waals surface area contributed by atoms with E-state index in [-0.39, 0.29) is 18.4 Å². The second kappa shape index (κ2) is 3.93. The Hall–Kier alpha value is -0.280. The lowest BCUT2D eigenvalue weighted by molar-refractivity contribution is -0.146. The van der Waals surface area contributed by atoms with Gasteiger partial charge in [0, 0.05) is 0 Å². The Kier molecular flexibility index (Phi) is 3.83. The lowest BCUT2D eigenvalue weighted by atomic mass is 10.0. The van der Waals surface area contributed by atoms with Crippen molar-refractivity contribution < 1.29 is 9.53 Å². The minimum atomic E-state index is -0.658. The Morgan fingerprint density at radius 1 is 1.45 bits per heavy atom. The third kappa shape index (κ3) is 2.07. The summed E-state index contributed by atoms with van der Waals surface area (Å²) in [6.45, 7) is 0. The molecule has 3 nitrogen and oxygen atoms in total. The van der Waals surface area contributed by atoms with Crippen molar-refractivity contribution in [1.29, 1.82) is 0 Å². The summed E-state index contributed by atoms with van der Waals surface area (Å²) < 4.78 is 4.57. The lowest BCUT2D eigenvalue weighted by Crippen LogP contribution is -2.45. The van der Waals surface area contributed by atoms with Gasteiger partial charge in [-0.15, -0.1) is 12.4 Å². The molecule has 66 valence electrons. The molecule has 1 saturated carbocycles. The first-order chi connectivity index (χ1) is 4.69. The molecular weight excluding hydrogens is 166 g/mol. The highest BCUT2D eigenvalue weighted by molar-refractivity contribution is 5.85. The van der Waals surface area contributed by atoms with Gasteiger partial charge in [-0.05, 0) is 12.8 Å². The van der Waals surface area contributed by atoms with Gasteiger partial charge in [-0.1, -0.05) is 12.8 Å². The zero-order chi connectivity index (χ0) is 7.61. The van der Waals surface area contributed by atoms with Gasteiger partial charge in [0.1, 0.15) is 5.54 Å². The van der Waals surface area contributed by atoms with Crippen LogP contribution in [0.1, 0.15) is 25.7 Å². The maximum Gasteiger partial charge on any atom is 0.325 e. The van der Waals surface area contributed by atoms with Gasteiger partial charge < -0.3 is 10.5 Å². The molecule has 0 saturated heterocycles. The average Bonchev–Trinajstić information content (AvgIpc) is 2.36. The predicted molar refractivity (Wildman–Crippen MR) is 44.7 cm³/mol. The number of ether oxygens (including phenoxy) is 1. The van der Waals surface area contributed by atoms with Crippen LogP contribution in [0.4, 0.5) is 0 Å². The fourth-order valence-corrected chi connectivity index (χ4v) is 1.41. The third-order valence-electron chi connectivity index (χ3n) is 2.09. The van der Waals surface area contributed by atoms with Gasteiger partial charge in [0.05, 0.1) is 7.11 Å². The summed E-state index contributed by atoms with van der Waals surface area (Å²) in [6, 6.07) is 0. The molecule has 0 heterocycles. The molecule has 1 rings (SSSR count). The molecule has 0 aromatic rings. The largest absolute Gasteiger partial charge is 0.468 e. The maximum atomic E-state index is 11.0. The molecule has 0 bridgehead atoms. The molecule has 0 unspecified atom stereocenters. The minimum absolute atomic E-state index is 0. The molecule has 1 aliphatic carbocycles. The van der Waals surface area contributed by atoms with Crippen LogP contribution in [-0.2, 0) is 9.53 Å². The van der Waals surface area contributed by atoms with Gasteiger partial charge in [0.2, 0.25) is 0 Å². The zero-order valence-electron chi connectivity index (χ0n) is 6.63. The van der Waals surface area contributed by atoms with Crippen molar-refractivity contribution in [2.24, 2.45) is 5.73 Å². The van der Waals surface area contributed by atoms with Crippen LogP contribution in [0.15, 0.2) is 0 Å². The Bertz CT molecular complexity index is 143. The van der Waals surface area contributed by atoms with Gasteiger partial charge in [-0.3, -0.25) is 4.79 Å². The van der Waals surface area contributed by atoms with E-state index in [2.05, 4.69) is 4.74 Å². The molecule has 0 aromatic heterocycles. The van der Waals surface area contributed by atoms with Crippen LogP contribution >= 0.6 is 12.4 Å². The molecule has 0 atom stereocenters. The first kappa shape index (κ1) is 10.7. The summed E-state index contributed by atoms with van der Waals surface area (Å²) in [5.41, 5.74) is 5.08. The van der Waals surface area contributed by atoms with Gasteiger partial charge in [-0.2, -0.15) is 0 Å². The Morgan fingerprint density at radius 3 is 2.27 bits per heavy atom. The highest BCUT2D eigenvalue weighted by atomic mass is 35.5. The summed E-state index contributed by atoms with van der Waals surface area (Å²) in [5, 5.41) is 0. The fourth-order valence-electron chi connectivity index (χ4n) is 1.41. The van der Waals surface area contributed by atoms with Crippen LogP contribution in [0.3, 0.4) is 0 Å². The van der Waals surface area contributed by atoms with E-state index in [1.165, 1.54) is 7.11 Å². The van der Waals surface area contributed by atoms with E-state index in [4.69, 9.17) is 5.73 Å². The topological polar surface area (TPSA) is 52.3 Å². The number of hydrogen-bond acceptors (Lipinski definition) is 3. The molecule has 11 heavy (non-hydrogen) atoms. The molecule has 0 spiro atoms. The van der Waals surface area contributed by atoms with Crippen molar-refractivity contribution in [3.8, 4) is 0 Å².